The van der Waals surface area contributed by atoms with Crippen molar-refractivity contribution in [1.29, 1.82) is 0 Å². The second-order valence-electron chi connectivity index (χ2n) is 19.5. The fraction of sp³-hybridized carbons (Fsp3) is 0.400. The van der Waals surface area contributed by atoms with Crippen molar-refractivity contribution in [2.24, 2.45) is 0 Å². The smallest absolute Gasteiger partial charge is 0.163 e. The van der Waals surface area contributed by atoms with Gasteiger partial charge in [-0.15, -0.1) is 0 Å². The summed E-state index contributed by atoms with van der Waals surface area (Å²) in [6.07, 6.45) is 0. The molecule has 2 aromatic heterocycles. The molecule has 0 amide bonds. The van der Waals surface area contributed by atoms with Gasteiger partial charge >= 0.3 is 0 Å². The third-order valence-corrected chi connectivity index (χ3v) is 10.4. The van der Waals surface area contributed by atoms with E-state index in [0.29, 0.717) is 11.5 Å². The second-order valence-corrected chi connectivity index (χ2v) is 19.5. The topological polar surface area (TPSA) is 85.4 Å². The minimum absolute atomic E-state index is 0.0867. The lowest BCUT2D eigenvalue weighted by Crippen LogP contribution is -2.17. The Balaban J connectivity index is 0.986. The lowest BCUT2D eigenvalue weighted by Gasteiger charge is -2.26. The highest BCUT2D eigenvalue weighted by Gasteiger charge is 2.22. The predicted molar refractivity (Wildman–Crippen MR) is 235 cm³/mol. The van der Waals surface area contributed by atoms with Crippen LogP contribution in [0.1, 0.15) is 128 Å². The quantitative estimate of drug-likeness (QED) is 0.128. The van der Waals surface area contributed by atoms with Gasteiger partial charge in [-0.3, -0.25) is 0 Å². The molecule has 7 nitrogen and oxygen atoms in total. The molecule has 0 aliphatic carbocycles. The molecule has 0 unspecified atom stereocenters. The number of anilines is 2. The fourth-order valence-electron chi connectivity index (χ4n) is 6.53. The maximum absolute atomic E-state index is 5.92. The Morgan fingerprint density at radius 3 is 1.05 bits per heavy atom. The molecule has 7 heteroatoms. The lowest BCUT2D eigenvalue weighted by atomic mass is 9.79. The van der Waals surface area contributed by atoms with Crippen LogP contribution in [0.5, 0.6) is 0 Å². The van der Waals surface area contributed by atoms with Crippen molar-refractivity contribution in [3.8, 4) is 22.5 Å². The molecule has 0 atom stereocenters. The number of nitrogens with one attached hydrogen (secondary N) is 2. The maximum Gasteiger partial charge on any atom is 0.163 e. The molecule has 57 heavy (non-hydrogen) atoms. The van der Waals surface area contributed by atoms with Gasteiger partial charge in [0.05, 0.1) is 0 Å². The number of hydrogen-bond acceptors (Lipinski definition) is 7. The summed E-state index contributed by atoms with van der Waals surface area (Å²) in [7, 11) is 0. The van der Waals surface area contributed by atoms with E-state index in [1.807, 2.05) is 12.1 Å². The summed E-state index contributed by atoms with van der Waals surface area (Å²) in [5, 5.41) is 15.8. The molecule has 4 aromatic carbocycles. The molecule has 0 aliphatic heterocycles. The van der Waals surface area contributed by atoms with Gasteiger partial charge in [0.1, 0.15) is 24.6 Å². The van der Waals surface area contributed by atoms with Gasteiger partial charge in [0.25, 0.3) is 0 Å². The Labute approximate surface area is 340 Å². The van der Waals surface area contributed by atoms with Gasteiger partial charge in [0.15, 0.2) is 11.5 Å². The molecule has 300 valence electrons. The van der Waals surface area contributed by atoms with Gasteiger partial charge < -0.3 is 24.4 Å². The molecular weight excluding hydrogens is 705 g/mol. The highest BCUT2D eigenvalue weighted by atomic mass is 16.5. The molecule has 6 aromatic rings. The van der Waals surface area contributed by atoms with E-state index in [-0.39, 0.29) is 34.9 Å². The number of nitrogens with zero attached hydrogens (tertiary/aromatic N) is 2. The summed E-state index contributed by atoms with van der Waals surface area (Å²) >= 11 is 0. The summed E-state index contributed by atoms with van der Waals surface area (Å²) < 4.78 is 17.1. The zero-order chi connectivity index (χ0) is 41.2. The van der Waals surface area contributed by atoms with Crippen LogP contribution in [0.4, 0.5) is 11.4 Å². The minimum atomic E-state index is 0.0867. The Bertz CT molecular complexity index is 2030. The van der Waals surface area contributed by atoms with E-state index in [4.69, 9.17) is 13.8 Å². The molecule has 0 saturated heterocycles. The van der Waals surface area contributed by atoms with Gasteiger partial charge in [0, 0.05) is 47.7 Å². The second kappa shape index (κ2) is 16.4. The number of rotatable bonds is 12. The van der Waals surface area contributed by atoms with Crippen LogP contribution in [0.25, 0.3) is 22.5 Å². The summed E-state index contributed by atoms with van der Waals surface area (Å²) in [4.78, 5) is 0. The average Bonchev–Trinajstić information content (AvgIpc) is 3.82. The Hall–Kier alpha value is -5.14. The van der Waals surface area contributed by atoms with Crippen LogP contribution in [0.15, 0.2) is 106 Å². The molecular formula is C50H62N4O3. The van der Waals surface area contributed by atoms with E-state index in [9.17, 15) is 0 Å². The van der Waals surface area contributed by atoms with Crippen LogP contribution >= 0.6 is 0 Å². The van der Waals surface area contributed by atoms with Crippen molar-refractivity contribution in [2.75, 3.05) is 10.6 Å². The van der Waals surface area contributed by atoms with Gasteiger partial charge in [-0.05, 0) is 79.3 Å². The highest BCUT2D eigenvalue weighted by molar-refractivity contribution is 5.63. The largest absolute Gasteiger partial charge is 0.381 e. The zero-order valence-corrected chi connectivity index (χ0v) is 36.2. The first kappa shape index (κ1) is 41.5. The van der Waals surface area contributed by atoms with Crippen molar-refractivity contribution in [3.05, 3.63) is 142 Å². The number of ether oxygens (including phenoxy) is 1. The van der Waals surface area contributed by atoms with Crippen molar-refractivity contribution >= 4 is 11.4 Å². The summed E-state index contributed by atoms with van der Waals surface area (Å²) in [5.74, 6) is 1.28. The van der Waals surface area contributed by atoms with Gasteiger partial charge in [-0.25, -0.2) is 0 Å². The van der Waals surface area contributed by atoms with Crippen LogP contribution in [-0.2, 0) is 52.7 Å². The molecule has 0 fully saturated rings. The predicted octanol–water partition coefficient (Wildman–Crippen LogP) is 13.1. The van der Waals surface area contributed by atoms with Crippen LogP contribution in [0.3, 0.4) is 0 Å². The minimum Gasteiger partial charge on any atom is -0.381 e. The fourth-order valence-corrected chi connectivity index (χ4v) is 6.53. The SMILES string of the molecule is CC(C)(C)c1cc(CNc2ccc(-c3cc(COCc4cc(-c5ccc(NCc6cc(C(C)(C)C)cc(C(C)(C)C)c6)cc5)no4)on3)cc2)cc(C(C)(C)C)c1. The standard InChI is InChI=1S/C50H62N4O3/c1-47(2,3)37-21-33(22-38(25-37)48(4,5)6)29-51-41-17-13-35(14-18-41)45-27-43(56-53-45)31-55-32-44-28-46(54-57-44)36-15-19-42(20-16-36)52-30-34-23-39(49(7,8)9)26-40(24-34)50(10,11)12/h13-28,51-52H,29-32H2,1-12H3. The summed E-state index contributed by atoms with van der Waals surface area (Å²) in [6.45, 7) is 29.3. The van der Waals surface area contributed by atoms with Crippen molar-refractivity contribution in [2.45, 2.75) is 131 Å². The third kappa shape index (κ3) is 11.0. The van der Waals surface area contributed by atoms with E-state index in [2.05, 4.69) is 189 Å². The Morgan fingerprint density at radius 2 is 0.754 bits per heavy atom. The molecule has 0 spiro atoms. The average molecular weight is 767 g/mol. The van der Waals surface area contributed by atoms with Gasteiger partial charge in [-0.1, -0.05) is 154 Å². The van der Waals surface area contributed by atoms with E-state index in [1.54, 1.807) is 0 Å². The molecule has 0 radical (unpaired) electrons. The molecule has 2 N–H and O–H groups in total. The summed E-state index contributed by atoms with van der Waals surface area (Å²) in [6, 6.07) is 34.4. The molecule has 0 bridgehead atoms. The normalized spacial score (nSPS) is 12.6. The van der Waals surface area contributed by atoms with E-state index < -0.39 is 0 Å². The monoisotopic (exact) mass is 766 g/mol. The van der Waals surface area contributed by atoms with E-state index in [1.165, 1.54) is 33.4 Å². The Kier molecular flexibility index (Phi) is 11.9. The molecule has 2 heterocycles. The Morgan fingerprint density at radius 1 is 0.439 bits per heavy atom. The third-order valence-electron chi connectivity index (χ3n) is 10.4. The van der Waals surface area contributed by atoms with E-state index in [0.717, 1.165) is 47.0 Å². The number of benzene rings is 4. The first-order valence-corrected chi connectivity index (χ1v) is 20.2. The molecule has 0 aliphatic rings. The van der Waals surface area contributed by atoms with Crippen molar-refractivity contribution in [3.63, 3.8) is 0 Å². The van der Waals surface area contributed by atoms with Crippen molar-refractivity contribution < 1.29 is 13.8 Å². The summed E-state index contributed by atoms with van der Waals surface area (Å²) in [5.41, 5.74) is 13.9. The van der Waals surface area contributed by atoms with Crippen LogP contribution in [0, 0.1) is 0 Å². The van der Waals surface area contributed by atoms with Crippen LogP contribution < -0.4 is 10.6 Å². The number of hydrogen-bond donors (Lipinski definition) is 2. The first-order valence-electron chi connectivity index (χ1n) is 20.2. The zero-order valence-electron chi connectivity index (χ0n) is 36.2. The van der Waals surface area contributed by atoms with Gasteiger partial charge in [-0.2, -0.15) is 0 Å². The van der Waals surface area contributed by atoms with Gasteiger partial charge in [0.2, 0.25) is 0 Å². The maximum atomic E-state index is 5.92. The van der Waals surface area contributed by atoms with Crippen LogP contribution in [-0.4, -0.2) is 10.3 Å². The number of aromatic nitrogens is 2. The van der Waals surface area contributed by atoms with Crippen LogP contribution in [0.2, 0.25) is 0 Å². The molecule has 6 rings (SSSR count). The lowest BCUT2D eigenvalue weighted by molar-refractivity contribution is 0.0727. The first-order chi connectivity index (χ1) is 26.7. The van der Waals surface area contributed by atoms with Crippen molar-refractivity contribution in [1.82, 2.24) is 10.3 Å². The van der Waals surface area contributed by atoms with E-state index >= 15 is 0 Å². The molecule has 0 saturated carbocycles. The highest BCUT2D eigenvalue weighted by Crippen LogP contribution is 2.33.